The van der Waals surface area contributed by atoms with Crippen molar-refractivity contribution in [2.24, 2.45) is 0 Å². The van der Waals surface area contributed by atoms with Crippen molar-refractivity contribution in [1.82, 2.24) is 9.88 Å². The zero-order valence-electron chi connectivity index (χ0n) is 15.2. The highest BCUT2D eigenvalue weighted by Crippen LogP contribution is 2.34. The van der Waals surface area contributed by atoms with Gasteiger partial charge < -0.3 is 10.1 Å². The highest BCUT2D eigenvalue weighted by molar-refractivity contribution is 7.13. The van der Waals surface area contributed by atoms with Crippen LogP contribution in [0, 0.1) is 0 Å². The van der Waals surface area contributed by atoms with Gasteiger partial charge in [-0.25, -0.2) is 4.98 Å². The molecule has 1 aromatic carbocycles. The Morgan fingerprint density at radius 1 is 1.44 bits per heavy atom. The summed E-state index contributed by atoms with van der Waals surface area (Å²) in [6.45, 7) is 7.66. The van der Waals surface area contributed by atoms with Crippen LogP contribution in [0.25, 0.3) is 0 Å². The number of nitrogens with zero attached hydrogens (tertiary/aromatic N) is 2. The van der Waals surface area contributed by atoms with E-state index in [1.54, 1.807) is 7.11 Å². The summed E-state index contributed by atoms with van der Waals surface area (Å²) in [6, 6.07) is 8.35. The minimum atomic E-state index is -0.0117. The van der Waals surface area contributed by atoms with E-state index in [0.29, 0.717) is 11.7 Å². The fourth-order valence-electron chi connectivity index (χ4n) is 2.88. The molecule has 25 heavy (non-hydrogen) atoms. The summed E-state index contributed by atoms with van der Waals surface area (Å²) >= 11 is 1.48. The SMILES string of the molecule is COc1cccc([C@@H]2CCN2CC(=O)Nc2nc(C(C)(C)C)cs2)c1. The molecule has 2 heterocycles. The van der Waals surface area contributed by atoms with Gasteiger partial charge in [0.1, 0.15) is 5.75 Å². The Labute approximate surface area is 153 Å². The third-order valence-electron chi connectivity index (χ3n) is 4.47. The summed E-state index contributed by atoms with van der Waals surface area (Å²) < 4.78 is 5.29. The first-order valence-electron chi connectivity index (χ1n) is 8.50. The maximum Gasteiger partial charge on any atom is 0.240 e. The quantitative estimate of drug-likeness (QED) is 0.881. The van der Waals surface area contributed by atoms with Gasteiger partial charge in [-0.3, -0.25) is 9.69 Å². The lowest BCUT2D eigenvalue weighted by Gasteiger charge is -2.40. The first-order valence-corrected chi connectivity index (χ1v) is 9.38. The van der Waals surface area contributed by atoms with Gasteiger partial charge in [0.2, 0.25) is 5.91 Å². The van der Waals surface area contributed by atoms with Crippen LogP contribution in [-0.2, 0) is 10.2 Å². The molecule has 1 fully saturated rings. The molecule has 5 nitrogen and oxygen atoms in total. The summed E-state index contributed by atoms with van der Waals surface area (Å²) in [5.74, 6) is 0.841. The molecule has 2 aromatic rings. The van der Waals surface area contributed by atoms with E-state index >= 15 is 0 Å². The van der Waals surface area contributed by atoms with Crippen molar-refractivity contribution in [2.45, 2.75) is 38.6 Å². The smallest absolute Gasteiger partial charge is 0.240 e. The van der Waals surface area contributed by atoms with Crippen LogP contribution in [0.15, 0.2) is 29.6 Å². The molecule has 1 aliphatic rings. The van der Waals surface area contributed by atoms with Gasteiger partial charge in [0, 0.05) is 23.4 Å². The molecular formula is C19H25N3O2S. The number of amides is 1. The third-order valence-corrected chi connectivity index (χ3v) is 5.23. The van der Waals surface area contributed by atoms with Crippen LogP contribution in [0.4, 0.5) is 5.13 Å². The van der Waals surface area contributed by atoms with E-state index < -0.39 is 0 Å². The standard InChI is InChI=1S/C19H25N3O2S/c1-19(2,3)16-12-25-18(20-16)21-17(23)11-22-9-8-15(22)13-6-5-7-14(10-13)24-4/h5-7,10,12,15H,8-9,11H2,1-4H3,(H,20,21,23)/t15-/m0/s1. The topological polar surface area (TPSA) is 54.5 Å². The number of methoxy groups -OCH3 is 1. The molecule has 0 unspecified atom stereocenters. The Kier molecular flexibility index (Phi) is 5.11. The van der Waals surface area contributed by atoms with Gasteiger partial charge in [-0.1, -0.05) is 32.9 Å². The number of benzene rings is 1. The second kappa shape index (κ2) is 7.14. The zero-order valence-corrected chi connectivity index (χ0v) is 16.0. The molecule has 0 radical (unpaired) electrons. The number of carbonyl (C=O) groups is 1. The lowest BCUT2D eigenvalue weighted by molar-refractivity contribution is -0.119. The van der Waals surface area contributed by atoms with Crippen LogP contribution < -0.4 is 10.1 Å². The van der Waals surface area contributed by atoms with E-state index in [4.69, 9.17) is 4.74 Å². The minimum absolute atomic E-state index is 0.00554. The highest BCUT2D eigenvalue weighted by atomic mass is 32.1. The normalized spacial score (nSPS) is 17.8. The number of carbonyl (C=O) groups excluding carboxylic acids is 1. The molecule has 1 aromatic heterocycles. The van der Waals surface area contributed by atoms with E-state index in [9.17, 15) is 4.79 Å². The van der Waals surface area contributed by atoms with E-state index in [1.807, 2.05) is 23.6 Å². The molecule has 1 N–H and O–H groups in total. The molecule has 1 amide bonds. The average Bonchev–Trinajstić information content (AvgIpc) is 3.00. The van der Waals surface area contributed by atoms with Gasteiger partial charge in [0.15, 0.2) is 5.13 Å². The van der Waals surface area contributed by atoms with Crippen molar-refractivity contribution >= 4 is 22.4 Å². The van der Waals surface area contributed by atoms with Crippen molar-refractivity contribution in [1.29, 1.82) is 0 Å². The van der Waals surface area contributed by atoms with Crippen LogP contribution in [0.1, 0.15) is 44.5 Å². The molecule has 0 spiro atoms. The van der Waals surface area contributed by atoms with Gasteiger partial charge in [-0.2, -0.15) is 0 Å². The Bertz CT molecular complexity index is 751. The van der Waals surface area contributed by atoms with Crippen LogP contribution in [0.3, 0.4) is 0 Å². The third kappa shape index (κ3) is 4.19. The first kappa shape index (κ1) is 17.9. The zero-order chi connectivity index (χ0) is 18.0. The Morgan fingerprint density at radius 2 is 2.24 bits per heavy atom. The van der Waals surface area contributed by atoms with Gasteiger partial charge in [-0.15, -0.1) is 11.3 Å². The average molecular weight is 359 g/mol. The van der Waals surface area contributed by atoms with E-state index in [0.717, 1.165) is 24.4 Å². The second-order valence-corrected chi connectivity index (χ2v) is 8.25. The number of hydrogen-bond donors (Lipinski definition) is 1. The Morgan fingerprint density at radius 3 is 2.84 bits per heavy atom. The summed E-state index contributed by atoms with van der Waals surface area (Å²) in [6.07, 6.45) is 1.06. The van der Waals surface area contributed by atoms with Crippen molar-refractivity contribution in [3.63, 3.8) is 0 Å². The number of aromatic nitrogens is 1. The number of anilines is 1. The Balaban J connectivity index is 1.58. The fourth-order valence-corrected chi connectivity index (χ4v) is 3.83. The lowest BCUT2D eigenvalue weighted by atomic mass is 9.93. The largest absolute Gasteiger partial charge is 0.497 e. The molecule has 0 aliphatic carbocycles. The first-order chi connectivity index (χ1) is 11.9. The number of nitrogens with one attached hydrogen (secondary N) is 1. The van der Waals surface area contributed by atoms with Crippen molar-refractivity contribution in [2.75, 3.05) is 25.5 Å². The molecule has 0 bridgehead atoms. The van der Waals surface area contributed by atoms with Crippen LogP contribution in [0.5, 0.6) is 5.75 Å². The van der Waals surface area contributed by atoms with Gasteiger partial charge in [0.25, 0.3) is 0 Å². The number of ether oxygens (including phenoxy) is 1. The van der Waals surface area contributed by atoms with Gasteiger partial charge in [-0.05, 0) is 24.1 Å². The number of likely N-dealkylation sites (tertiary alicyclic amines) is 1. The Hall–Kier alpha value is -1.92. The van der Waals surface area contributed by atoms with Gasteiger partial charge in [0.05, 0.1) is 19.3 Å². The predicted octanol–water partition coefficient (Wildman–Crippen LogP) is 3.83. The summed E-state index contributed by atoms with van der Waals surface area (Å²) in [4.78, 5) is 19.1. The molecule has 134 valence electrons. The summed E-state index contributed by atoms with van der Waals surface area (Å²) in [5, 5.41) is 5.62. The maximum absolute atomic E-state index is 12.4. The lowest BCUT2D eigenvalue weighted by Crippen LogP contribution is -2.45. The number of rotatable bonds is 5. The molecule has 6 heteroatoms. The van der Waals surface area contributed by atoms with Crippen molar-refractivity contribution < 1.29 is 9.53 Å². The molecule has 1 saturated heterocycles. The highest BCUT2D eigenvalue weighted by Gasteiger charge is 2.31. The van der Waals surface area contributed by atoms with E-state index in [2.05, 4.69) is 42.0 Å². The molecule has 0 saturated carbocycles. The summed E-state index contributed by atoms with van der Waals surface area (Å²) in [5.41, 5.74) is 2.20. The number of thiazole rings is 1. The predicted molar refractivity (Wildman–Crippen MR) is 101 cm³/mol. The second-order valence-electron chi connectivity index (χ2n) is 7.39. The monoisotopic (exact) mass is 359 g/mol. The van der Waals surface area contributed by atoms with Crippen LogP contribution in [-0.4, -0.2) is 36.0 Å². The summed E-state index contributed by atoms with van der Waals surface area (Å²) in [7, 11) is 1.67. The molecule has 3 rings (SSSR count). The maximum atomic E-state index is 12.4. The van der Waals surface area contributed by atoms with E-state index in [1.165, 1.54) is 16.9 Å². The minimum Gasteiger partial charge on any atom is -0.497 e. The fraction of sp³-hybridized carbons (Fsp3) is 0.474. The molecule has 1 aliphatic heterocycles. The van der Waals surface area contributed by atoms with E-state index in [-0.39, 0.29) is 17.4 Å². The number of hydrogen-bond acceptors (Lipinski definition) is 5. The van der Waals surface area contributed by atoms with Crippen LogP contribution in [0.2, 0.25) is 0 Å². The van der Waals surface area contributed by atoms with Crippen molar-refractivity contribution in [3.8, 4) is 5.75 Å². The van der Waals surface area contributed by atoms with Gasteiger partial charge >= 0.3 is 0 Å². The van der Waals surface area contributed by atoms with Crippen LogP contribution >= 0.6 is 11.3 Å². The molecule has 1 atom stereocenters. The van der Waals surface area contributed by atoms with Crippen molar-refractivity contribution in [3.05, 3.63) is 40.9 Å². The molecular weight excluding hydrogens is 334 g/mol.